The van der Waals surface area contributed by atoms with Crippen LogP contribution in [-0.4, -0.2) is 17.6 Å². The van der Waals surface area contributed by atoms with Crippen molar-refractivity contribution in [3.63, 3.8) is 0 Å². The Morgan fingerprint density at radius 3 is 2.67 bits per heavy atom. The summed E-state index contributed by atoms with van der Waals surface area (Å²) in [6.45, 7) is 0.394. The SMILES string of the molecule is Nc1c(C(=O)OCCCCc2ccccc2)ccc2cccnc12. The number of benzene rings is 2. The van der Waals surface area contributed by atoms with Crippen LogP contribution in [-0.2, 0) is 11.2 Å². The predicted octanol–water partition coefficient (Wildman–Crippen LogP) is 4.00. The number of carbonyl (C=O) groups is 1. The van der Waals surface area contributed by atoms with Gasteiger partial charge in [-0.05, 0) is 37.0 Å². The Hall–Kier alpha value is -2.88. The lowest BCUT2D eigenvalue weighted by atomic mass is 10.1. The van der Waals surface area contributed by atoms with E-state index in [-0.39, 0.29) is 5.97 Å². The molecular weight excluding hydrogens is 300 g/mol. The van der Waals surface area contributed by atoms with E-state index in [9.17, 15) is 4.79 Å². The van der Waals surface area contributed by atoms with Crippen molar-refractivity contribution in [1.82, 2.24) is 4.98 Å². The Balaban J connectivity index is 1.53. The van der Waals surface area contributed by atoms with Crippen molar-refractivity contribution in [3.8, 4) is 0 Å². The molecule has 0 fully saturated rings. The molecule has 0 aliphatic rings. The van der Waals surface area contributed by atoms with Gasteiger partial charge in [-0.25, -0.2) is 4.79 Å². The second-order valence-electron chi connectivity index (χ2n) is 5.68. The fourth-order valence-corrected chi connectivity index (χ4v) is 2.66. The molecule has 0 aliphatic heterocycles. The lowest BCUT2D eigenvalue weighted by molar-refractivity contribution is 0.0500. The molecule has 0 atom stereocenters. The van der Waals surface area contributed by atoms with Gasteiger partial charge in [-0.3, -0.25) is 4.98 Å². The summed E-state index contributed by atoms with van der Waals surface area (Å²) in [5, 5.41) is 0.911. The minimum absolute atomic E-state index is 0.377. The molecule has 24 heavy (non-hydrogen) atoms. The first-order chi connectivity index (χ1) is 11.8. The Morgan fingerprint density at radius 1 is 1.00 bits per heavy atom. The molecule has 3 rings (SSSR count). The van der Waals surface area contributed by atoms with Crippen LogP contribution in [0.4, 0.5) is 5.69 Å². The van der Waals surface area contributed by atoms with Gasteiger partial charge in [-0.15, -0.1) is 0 Å². The fourth-order valence-electron chi connectivity index (χ4n) is 2.66. The van der Waals surface area contributed by atoms with Crippen LogP contribution in [0.25, 0.3) is 10.9 Å². The number of anilines is 1. The number of rotatable bonds is 6. The Morgan fingerprint density at radius 2 is 1.83 bits per heavy atom. The number of nitrogens with zero attached hydrogens (tertiary/aromatic N) is 1. The molecule has 0 saturated carbocycles. The predicted molar refractivity (Wildman–Crippen MR) is 95.8 cm³/mol. The molecule has 3 aromatic rings. The number of fused-ring (bicyclic) bond motifs is 1. The molecule has 4 heteroatoms. The first-order valence-corrected chi connectivity index (χ1v) is 8.10. The quantitative estimate of drug-likeness (QED) is 0.423. The van der Waals surface area contributed by atoms with E-state index in [0.717, 1.165) is 24.6 Å². The Bertz CT molecular complexity index is 831. The maximum Gasteiger partial charge on any atom is 0.340 e. The van der Waals surface area contributed by atoms with Gasteiger partial charge in [0.15, 0.2) is 0 Å². The lowest BCUT2D eigenvalue weighted by Crippen LogP contribution is -2.10. The van der Waals surface area contributed by atoms with Crippen molar-refractivity contribution < 1.29 is 9.53 Å². The highest BCUT2D eigenvalue weighted by atomic mass is 16.5. The minimum Gasteiger partial charge on any atom is -0.462 e. The molecule has 1 heterocycles. The third-order valence-corrected chi connectivity index (χ3v) is 3.97. The average Bonchev–Trinajstić information content (AvgIpc) is 2.62. The van der Waals surface area contributed by atoms with E-state index in [1.807, 2.05) is 36.4 Å². The van der Waals surface area contributed by atoms with Crippen LogP contribution < -0.4 is 5.73 Å². The highest BCUT2D eigenvalue weighted by Crippen LogP contribution is 2.23. The zero-order valence-corrected chi connectivity index (χ0v) is 13.4. The number of nitrogen functional groups attached to an aromatic ring is 1. The number of aryl methyl sites for hydroxylation is 1. The van der Waals surface area contributed by atoms with Gasteiger partial charge in [0.25, 0.3) is 0 Å². The van der Waals surface area contributed by atoms with Gasteiger partial charge in [0.05, 0.1) is 23.4 Å². The molecule has 4 nitrogen and oxygen atoms in total. The third kappa shape index (κ3) is 3.71. The second-order valence-corrected chi connectivity index (χ2v) is 5.68. The Labute approximate surface area is 141 Å². The summed E-state index contributed by atoms with van der Waals surface area (Å²) in [7, 11) is 0. The summed E-state index contributed by atoms with van der Waals surface area (Å²) in [6.07, 6.45) is 4.45. The van der Waals surface area contributed by atoms with E-state index < -0.39 is 0 Å². The zero-order valence-electron chi connectivity index (χ0n) is 13.4. The number of esters is 1. The van der Waals surface area contributed by atoms with Crippen molar-refractivity contribution in [2.24, 2.45) is 0 Å². The van der Waals surface area contributed by atoms with Crippen LogP contribution in [0.5, 0.6) is 0 Å². The Kier molecular flexibility index (Phi) is 5.06. The topological polar surface area (TPSA) is 65.2 Å². The first kappa shape index (κ1) is 16.0. The minimum atomic E-state index is -0.389. The van der Waals surface area contributed by atoms with Crippen LogP contribution in [0.2, 0.25) is 0 Å². The average molecular weight is 320 g/mol. The van der Waals surface area contributed by atoms with Gasteiger partial charge in [-0.1, -0.05) is 42.5 Å². The van der Waals surface area contributed by atoms with Gasteiger partial charge in [-0.2, -0.15) is 0 Å². The van der Waals surface area contributed by atoms with E-state index >= 15 is 0 Å². The largest absolute Gasteiger partial charge is 0.462 e. The molecule has 1 aromatic heterocycles. The van der Waals surface area contributed by atoms with Crippen LogP contribution >= 0.6 is 0 Å². The molecular formula is C20H20N2O2. The van der Waals surface area contributed by atoms with Gasteiger partial charge < -0.3 is 10.5 Å². The maximum atomic E-state index is 12.2. The molecule has 0 unspecified atom stereocenters. The fraction of sp³-hybridized carbons (Fsp3) is 0.200. The van der Waals surface area contributed by atoms with Crippen molar-refractivity contribution in [3.05, 3.63) is 71.9 Å². The number of hydrogen-bond acceptors (Lipinski definition) is 4. The van der Waals surface area contributed by atoms with Crippen molar-refractivity contribution >= 4 is 22.6 Å². The summed E-state index contributed by atoms with van der Waals surface area (Å²) in [5.74, 6) is -0.389. The highest BCUT2D eigenvalue weighted by molar-refractivity contribution is 6.03. The molecule has 0 spiro atoms. The smallest absolute Gasteiger partial charge is 0.340 e. The third-order valence-electron chi connectivity index (χ3n) is 3.97. The molecule has 0 saturated heterocycles. The molecule has 2 aromatic carbocycles. The number of pyridine rings is 1. The molecule has 0 radical (unpaired) electrons. The van der Waals surface area contributed by atoms with Crippen molar-refractivity contribution in [2.45, 2.75) is 19.3 Å². The monoisotopic (exact) mass is 320 g/mol. The summed E-state index contributed by atoms with van der Waals surface area (Å²) in [6, 6.07) is 17.6. The van der Waals surface area contributed by atoms with Crippen LogP contribution in [0.15, 0.2) is 60.8 Å². The maximum absolute atomic E-state index is 12.2. The van der Waals surface area contributed by atoms with Gasteiger partial charge >= 0.3 is 5.97 Å². The number of ether oxygens (including phenoxy) is 1. The van der Waals surface area contributed by atoms with Crippen LogP contribution in [0.1, 0.15) is 28.8 Å². The first-order valence-electron chi connectivity index (χ1n) is 8.10. The summed E-state index contributed by atoms with van der Waals surface area (Å²) in [5.41, 5.74) is 8.75. The van der Waals surface area contributed by atoms with E-state index in [0.29, 0.717) is 23.4 Å². The molecule has 0 bridgehead atoms. The summed E-state index contributed by atoms with van der Waals surface area (Å²) in [4.78, 5) is 16.4. The lowest BCUT2D eigenvalue weighted by Gasteiger charge is -2.09. The standard InChI is InChI=1S/C20H20N2O2/c21-18-17(12-11-16-10-6-13-22-19(16)18)20(23)24-14-5-4-9-15-7-2-1-3-8-15/h1-3,6-8,10-13H,4-5,9,14,21H2. The van der Waals surface area contributed by atoms with Gasteiger partial charge in [0.2, 0.25) is 0 Å². The molecule has 0 aliphatic carbocycles. The van der Waals surface area contributed by atoms with Crippen LogP contribution in [0, 0.1) is 0 Å². The van der Waals surface area contributed by atoms with E-state index in [1.54, 1.807) is 12.3 Å². The zero-order chi connectivity index (χ0) is 16.8. The van der Waals surface area contributed by atoms with E-state index in [1.165, 1.54) is 5.56 Å². The van der Waals surface area contributed by atoms with E-state index in [2.05, 4.69) is 17.1 Å². The van der Waals surface area contributed by atoms with Crippen LogP contribution in [0.3, 0.4) is 0 Å². The number of aromatic nitrogens is 1. The van der Waals surface area contributed by atoms with E-state index in [4.69, 9.17) is 10.5 Å². The summed E-state index contributed by atoms with van der Waals surface area (Å²) >= 11 is 0. The molecule has 122 valence electrons. The number of carbonyl (C=O) groups excluding carboxylic acids is 1. The van der Waals surface area contributed by atoms with Gasteiger partial charge in [0, 0.05) is 11.6 Å². The summed E-state index contributed by atoms with van der Waals surface area (Å²) < 4.78 is 5.35. The molecule has 2 N–H and O–H groups in total. The molecule has 0 amide bonds. The highest BCUT2D eigenvalue weighted by Gasteiger charge is 2.14. The second kappa shape index (κ2) is 7.59. The number of nitrogens with two attached hydrogens (primary N) is 1. The van der Waals surface area contributed by atoms with Crippen molar-refractivity contribution in [2.75, 3.05) is 12.3 Å². The number of hydrogen-bond donors (Lipinski definition) is 1. The normalized spacial score (nSPS) is 10.7. The number of unbranched alkanes of at least 4 members (excludes halogenated alkanes) is 1. The van der Waals surface area contributed by atoms with Crippen molar-refractivity contribution in [1.29, 1.82) is 0 Å². The van der Waals surface area contributed by atoms with Gasteiger partial charge in [0.1, 0.15) is 0 Å².